The monoisotopic (exact) mass is 270 g/mol. The molecule has 2 fully saturated rings. The fourth-order valence-corrected chi connectivity index (χ4v) is 2.69. The van der Waals surface area contributed by atoms with Crippen molar-refractivity contribution < 1.29 is 19.4 Å². The predicted molar refractivity (Wildman–Crippen MR) is 68.9 cm³/mol. The maximum absolute atomic E-state index is 12.1. The number of nitrogens with one attached hydrogen (secondary N) is 1. The fraction of sp³-hybridized carbons (Fsp3) is 0.846. The van der Waals surface area contributed by atoms with Gasteiger partial charge in [0.2, 0.25) is 0 Å². The van der Waals surface area contributed by atoms with Gasteiger partial charge in [-0.25, -0.2) is 9.59 Å². The highest BCUT2D eigenvalue weighted by Crippen LogP contribution is 2.26. The molecule has 3 atom stereocenters. The number of urea groups is 1. The lowest BCUT2D eigenvalue weighted by atomic mass is 10.1. The van der Waals surface area contributed by atoms with Gasteiger partial charge < -0.3 is 20.1 Å². The quantitative estimate of drug-likeness (QED) is 0.787. The normalized spacial score (nSPS) is 27.1. The zero-order valence-electron chi connectivity index (χ0n) is 11.3. The van der Waals surface area contributed by atoms with Crippen LogP contribution in [0, 0.1) is 0 Å². The van der Waals surface area contributed by atoms with Crippen LogP contribution in [-0.4, -0.2) is 53.3 Å². The van der Waals surface area contributed by atoms with Crippen LogP contribution in [0.25, 0.3) is 0 Å². The third-order valence-corrected chi connectivity index (χ3v) is 3.77. The number of rotatable bonds is 5. The van der Waals surface area contributed by atoms with Gasteiger partial charge in [0, 0.05) is 13.1 Å². The molecule has 0 spiro atoms. The Bertz CT molecular complexity index is 336. The van der Waals surface area contributed by atoms with Crippen LogP contribution in [0.1, 0.15) is 39.0 Å². The molecule has 0 aromatic carbocycles. The number of morpholine rings is 1. The van der Waals surface area contributed by atoms with Gasteiger partial charge in [0.1, 0.15) is 6.04 Å². The summed E-state index contributed by atoms with van der Waals surface area (Å²) < 4.78 is 5.66. The van der Waals surface area contributed by atoms with Crippen molar-refractivity contribution in [2.24, 2.45) is 0 Å². The molecule has 2 amide bonds. The van der Waals surface area contributed by atoms with E-state index in [4.69, 9.17) is 9.84 Å². The number of carbonyl (C=O) groups is 2. The molecule has 2 saturated heterocycles. The number of carboxylic acids is 1. The first-order valence-corrected chi connectivity index (χ1v) is 7.04. The van der Waals surface area contributed by atoms with E-state index in [2.05, 4.69) is 5.32 Å². The van der Waals surface area contributed by atoms with Crippen molar-refractivity contribution in [3.63, 3.8) is 0 Å². The molecule has 2 N–H and O–H groups in total. The second-order valence-corrected chi connectivity index (χ2v) is 5.34. The smallest absolute Gasteiger partial charge is 0.326 e. The number of nitrogens with zero attached hydrogens (tertiary/aromatic N) is 1. The van der Waals surface area contributed by atoms with Crippen LogP contribution in [-0.2, 0) is 9.53 Å². The number of unbranched alkanes of at least 4 members (excludes halogenated alkanes) is 1. The molecular weight excluding hydrogens is 248 g/mol. The molecule has 0 aromatic heterocycles. The van der Waals surface area contributed by atoms with Crippen LogP contribution in [0.5, 0.6) is 0 Å². The van der Waals surface area contributed by atoms with Crippen molar-refractivity contribution in [2.75, 3.05) is 13.1 Å². The summed E-state index contributed by atoms with van der Waals surface area (Å²) in [5.41, 5.74) is 0. The van der Waals surface area contributed by atoms with Crippen molar-refractivity contribution >= 4 is 12.0 Å². The second-order valence-electron chi connectivity index (χ2n) is 5.34. The minimum Gasteiger partial charge on any atom is -0.480 e. The number of hydrogen-bond acceptors (Lipinski definition) is 3. The van der Waals surface area contributed by atoms with Crippen LogP contribution in [0.2, 0.25) is 0 Å². The third-order valence-electron chi connectivity index (χ3n) is 3.77. The van der Waals surface area contributed by atoms with Crippen molar-refractivity contribution in [3.05, 3.63) is 0 Å². The molecule has 108 valence electrons. The van der Waals surface area contributed by atoms with Crippen LogP contribution in [0.15, 0.2) is 0 Å². The van der Waals surface area contributed by atoms with Crippen molar-refractivity contribution in [1.29, 1.82) is 0 Å². The standard InChI is InChI=1S/C13H22N2O4/c1-2-3-4-11(12(16)17)14-13(18)15-7-9-5-6-10(8-15)19-9/h9-11H,2-8H2,1H3,(H,14,18)(H,16,17)/t9?,10?,11-/m0/s1. The summed E-state index contributed by atoms with van der Waals surface area (Å²) in [6, 6.07) is -1.06. The Morgan fingerprint density at radius 1 is 1.37 bits per heavy atom. The molecule has 2 rings (SSSR count). The largest absolute Gasteiger partial charge is 0.480 e. The zero-order valence-corrected chi connectivity index (χ0v) is 11.3. The average molecular weight is 270 g/mol. The molecule has 19 heavy (non-hydrogen) atoms. The molecule has 2 unspecified atom stereocenters. The van der Waals surface area contributed by atoms with Gasteiger partial charge in [-0.05, 0) is 19.3 Å². The van der Waals surface area contributed by atoms with Gasteiger partial charge in [-0.15, -0.1) is 0 Å². The molecular formula is C13H22N2O4. The summed E-state index contributed by atoms with van der Waals surface area (Å²) in [5.74, 6) is -0.960. The van der Waals surface area contributed by atoms with Gasteiger partial charge in [-0.2, -0.15) is 0 Å². The fourth-order valence-electron chi connectivity index (χ4n) is 2.69. The summed E-state index contributed by atoms with van der Waals surface area (Å²) in [6.45, 7) is 3.14. The summed E-state index contributed by atoms with van der Waals surface area (Å²) in [4.78, 5) is 24.9. The van der Waals surface area contributed by atoms with E-state index in [1.165, 1.54) is 0 Å². The summed E-state index contributed by atoms with van der Waals surface area (Å²) in [6.07, 6.45) is 4.44. The first-order chi connectivity index (χ1) is 9.10. The lowest BCUT2D eigenvalue weighted by molar-refractivity contribution is -0.139. The number of likely N-dealkylation sites (tertiary alicyclic amines) is 1. The van der Waals surface area contributed by atoms with Gasteiger partial charge in [0.05, 0.1) is 12.2 Å². The summed E-state index contributed by atoms with van der Waals surface area (Å²) in [5, 5.41) is 11.7. The molecule has 2 bridgehead atoms. The molecule has 0 aromatic rings. The summed E-state index contributed by atoms with van der Waals surface area (Å²) in [7, 11) is 0. The van der Waals surface area contributed by atoms with Crippen molar-refractivity contribution in [3.8, 4) is 0 Å². The molecule has 2 heterocycles. The Kier molecular flexibility index (Phi) is 4.63. The number of ether oxygens (including phenoxy) is 1. The van der Waals surface area contributed by atoms with Crippen LogP contribution in [0.3, 0.4) is 0 Å². The van der Waals surface area contributed by atoms with Crippen LogP contribution >= 0.6 is 0 Å². The Balaban J connectivity index is 1.86. The van der Waals surface area contributed by atoms with E-state index in [-0.39, 0.29) is 18.2 Å². The molecule has 2 aliphatic heterocycles. The number of carboxylic acid groups (broad SMARTS) is 1. The second kappa shape index (κ2) is 6.23. The number of carbonyl (C=O) groups excluding carboxylic acids is 1. The molecule has 6 heteroatoms. The highest BCUT2D eigenvalue weighted by molar-refractivity contribution is 5.82. The Labute approximate surface area is 113 Å². The molecule has 0 aliphatic carbocycles. The topological polar surface area (TPSA) is 78.9 Å². The van der Waals surface area contributed by atoms with Gasteiger partial charge in [-0.1, -0.05) is 19.8 Å². The molecule has 6 nitrogen and oxygen atoms in total. The lowest BCUT2D eigenvalue weighted by Crippen LogP contribution is -2.53. The Morgan fingerprint density at radius 3 is 2.53 bits per heavy atom. The Morgan fingerprint density at radius 2 is 2.00 bits per heavy atom. The number of hydrogen-bond donors (Lipinski definition) is 2. The van der Waals surface area contributed by atoms with E-state index in [0.717, 1.165) is 25.7 Å². The van der Waals surface area contributed by atoms with Gasteiger partial charge >= 0.3 is 12.0 Å². The van der Waals surface area contributed by atoms with E-state index < -0.39 is 12.0 Å². The van der Waals surface area contributed by atoms with Crippen LogP contribution < -0.4 is 5.32 Å². The van der Waals surface area contributed by atoms with Gasteiger partial charge in [0.25, 0.3) is 0 Å². The SMILES string of the molecule is CCCC[C@H](NC(=O)N1CC2CCC(C1)O2)C(=O)O. The Hall–Kier alpha value is -1.30. The maximum atomic E-state index is 12.1. The average Bonchev–Trinajstić information content (AvgIpc) is 2.72. The van der Waals surface area contributed by atoms with E-state index in [9.17, 15) is 9.59 Å². The number of fused-ring (bicyclic) bond motifs is 2. The molecule has 2 aliphatic rings. The minimum absolute atomic E-state index is 0.128. The van der Waals surface area contributed by atoms with E-state index in [1.807, 2.05) is 6.92 Å². The lowest BCUT2D eigenvalue weighted by Gasteiger charge is -2.32. The minimum atomic E-state index is -0.960. The highest BCUT2D eigenvalue weighted by atomic mass is 16.5. The van der Waals surface area contributed by atoms with E-state index >= 15 is 0 Å². The maximum Gasteiger partial charge on any atom is 0.326 e. The molecule has 0 saturated carbocycles. The number of amides is 2. The van der Waals surface area contributed by atoms with Gasteiger partial charge in [0.15, 0.2) is 0 Å². The van der Waals surface area contributed by atoms with E-state index in [0.29, 0.717) is 19.5 Å². The predicted octanol–water partition coefficient (Wildman–Crippen LogP) is 1.20. The van der Waals surface area contributed by atoms with Gasteiger partial charge in [-0.3, -0.25) is 0 Å². The molecule has 0 radical (unpaired) electrons. The first kappa shape index (κ1) is 14.1. The highest BCUT2D eigenvalue weighted by Gasteiger charge is 2.36. The zero-order chi connectivity index (χ0) is 13.8. The first-order valence-electron chi connectivity index (χ1n) is 7.04. The van der Waals surface area contributed by atoms with Crippen molar-refractivity contribution in [2.45, 2.75) is 57.3 Å². The van der Waals surface area contributed by atoms with E-state index in [1.54, 1.807) is 4.90 Å². The number of aliphatic carboxylic acids is 1. The third kappa shape index (κ3) is 3.59. The van der Waals surface area contributed by atoms with Crippen LogP contribution in [0.4, 0.5) is 4.79 Å². The summed E-state index contributed by atoms with van der Waals surface area (Å²) >= 11 is 0. The van der Waals surface area contributed by atoms with Crippen molar-refractivity contribution in [1.82, 2.24) is 10.2 Å².